The number of ketones is 1. The van der Waals surface area contributed by atoms with Crippen molar-refractivity contribution in [3.05, 3.63) is 40.7 Å². The van der Waals surface area contributed by atoms with Crippen LogP contribution in [0.1, 0.15) is 30.9 Å². The summed E-state index contributed by atoms with van der Waals surface area (Å²) < 4.78 is 4.91. The Morgan fingerprint density at radius 1 is 1.44 bits per heavy atom. The smallest absolute Gasteiger partial charge is 0.320 e. The summed E-state index contributed by atoms with van der Waals surface area (Å²) in [5.41, 5.74) is 1.84. The molecule has 0 spiro atoms. The highest BCUT2D eigenvalue weighted by molar-refractivity contribution is 6.03. The predicted molar refractivity (Wildman–Crippen MR) is 67.5 cm³/mol. The molecule has 1 rings (SSSR count). The molecule has 0 N–H and O–H groups in total. The van der Waals surface area contributed by atoms with E-state index < -0.39 is 11.9 Å². The van der Waals surface area contributed by atoms with E-state index in [0.717, 1.165) is 5.56 Å². The molecule has 1 aromatic rings. The van der Waals surface area contributed by atoms with Gasteiger partial charge in [0, 0.05) is 0 Å². The highest BCUT2D eigenvalue weighted by atomic mass is 16.5. The summed E-state index contributed by atoms with van der Waals surface area (Å²) >= 11 is 0. The lowest BCUT2D eigenvalue weighted by atomic mass is 9.91. The average Bonchev–Trinajstić information content (AvgIpc) is 2.31. The molecule has 1 unspecified atom stereocenters. The monoisotopic (exact) mass is 245 g/mol. The van der Waals surface area contributed by atoms with Crippen molar-refractivity contribution < 1.29 is 14.3 Å². The summed E-state index contributed by atoms with van der Waals surface area (Å²) in [6, 6.07) is 4.91. The Morgan fingerprint density at radius 2 is 2.11 bits per heavy atom. The van der Waals surface area contributed by atoms with Gasteiger partial charge in [-0.15, -0.1) is 0 Å². The van der Waals surface area contributed by atoms with Gasteiger partial charge in [-0.25, -0.2) is 4.85 Å². The van der Waals surface area contributed by atoms with Gasteiger partial charge in [-0.1, -0.05) is 23.8 Å². The van der Waals surface area contributed by atoms with E-state index in [1.54, 1.807) is 32.0 Å². The maximum Gasteiger partial charge on any atom is 0.320 e. The van der Waals surface area contributed by atoms with Crippen LogP contribution in [0.2, 0.25) is 0 Å². The molecule has 1 aromatic carbocycles. The molecule has 4 nitrogen and oxygen atoms in total. The fraction of sp³-hybridized carbons (Fsp3) is 0.357. The van der Waals surface area contributed by atoms with Gasteiger partial charge in [0.05, 0.1) is 13.2 Å². The second-order valence-electron chi connectivity index (χ2n) is 3.95. The molecule has 94 valence electrons. The number of hydrogen-bond donors (Lipinski definition) is 0. The number of rotatable bonds is 4. The van der Waals surface area contributed by atoms with E-state index in [4.69, 9.17) is 11.3 Å². The van der Waals surface area contributed by atoms with Crippen molar-refractivity contribution in [3.63, 3.8) is 0 Å². The van der Waals surface area contributed by atoms with Crippen LogP contribution in [0.5, 0.6) is 0 Å². The Labute approximate surface area is 106 Å². The van der Waals surface area contributed by atoms with Gasteiger partial charge in [0.25, 0.3) is 0 Å². The molecule has 4 heteroatoms. The number of aryl methyl sites for hydroxylation is 1. The van der Waals surface area contributed by atoms with Gasteiger partial charge in [0.2, 0.25) is 0 Å². The van der Waals surface area contributed by atoms with Crippen LogP contribution in [0.15, 0.2) is 18.2 Å². The van der Waals surface area contributed by atoms with E-state index in [-0.39, 0.29) is 12.4 Å². The van der Waals surface area contributed by atoms with Gasteiger partial charge < -0.3 is 4.74 Å². The number of carbonyl (C=O) groups excluding carboxylic acids is 2. The van der Waals surface area contributed by atoms with Gasteiger partial charge in [-0.3, -0.25) is 9.59 Å². The number of hydrogen-bond acceptors (Lipinski definition) is 3. The van der Waals surface area contributed by atoms with Gasteiger partial charge in [0.1, 0.15) is 11.7 Å². The molecule has 0 aliphatic rings. The van der Waals surface area contributed by atoms with Crippen LogP contribution >= 0.6 is 0 Å². The molecule has 0 saturated heterocycles. The zero-order valence-corrected chi connectivity index (χ0v) is 10.7. The number of esters is 1. The zero-order valence-electron chi connectivity index (χ0n) is 10.7. The Bertz CT molecular complexity index is 514. The molecule has 18 heavy (non-hydrogen) atoms. The quantitative estimate of drug-likeness (QED) is 0.465. The van der Waals surface area contributed by atoms with Crippen molar-refractivity contribution in [1.82, 2.24) is 0 Å². The van der Waals surface area contributed by atoms with Crippen molar-refractivity contribution >= 4 is 17.4 Å². The van der Waals surface area contributed by atoms with E-state index in [0.29, 0.717) is 11.3 Å². The molecule has 0 aromatic heterocycles. The third-order valence-electron chi connectivity index (χ3n) is 2.62. The van der Waals surface area contributed by atoms with Crippen molar-refractivity contribution in [1.29, 1.82) is 0 Å². The van der Waals surface area contributed by atoms with Gasteiger partial charge in [0.15, 0.2) is 5.69 Å². The van der Waals surface area contributed by atoms with E-state index in [1.165, 1.54) is 6.92 Å². The molecule has 0 aliphatic carbocycles. The van der Waals surface area contributed by atoms with Crippen molar-refractivity contribution in [2.75, 3.05) is 6.61 Å². The minimum absolute atomic E-state index is 0.238. The third-order valence-corrected chi connectivity index (χ3v) is 2.62. The van der Waals surface area contributed by atoms with Crippen LogP contribution in [-0.2, 0) is 14.3 Å². The number of carbonyl (C=O) groups is 2. The first-order valence-corrected chi connectivity index (χ1v) is 5.66. The maximum atomic E-state index is 11.8. The van der Waals surface area contributed by atoms with E-state index in [2.05, 4.69) is 4.85 Å². The summed E-state index contributed by atoms with van der Waals surface area (Å²) in [5.74, 6) is -1.69. The van der Waals surface area contributed by atoms with E-state index in [1.807, 2.05) is 0 Å². The second kappa shape index (κ2) is 5.97. The summed E-state index contributed by atoms with van der Waals surface area (Å²) in [7, 11) is 0. The van der Waals surface area contributed by atoms with Crippen LogP contribution in [0, 0.1) is 13.5 Å². The zero-order chi connectivity index (χ0) is 13.7. The maximum absolute atomic E-state index is 11.8. The summed E-state index contributed by atoms with van der Waals surface area (Å²) in [5, 5.41) is 0. The molecule has 0 fully saturated rings. The van der Waals surface area contributed by atoms with Crippen molar-refractivity contribution in [3.8, 4) is 0 Å². The fourth-order valence-corrected chi connectivity index (χ4v) is 1.79. The van der Waals surface area contributed by atoms with Crippen molar-refractivity contribution in [2.24, 2.45) is 0 Å². The Kier molecular flexibility index (Phi) is 4.61. The first kappa shape index (κ1) is 13.9. The molecule has 0 amide bonds. The first-order valence-electron chi connectivity index (χ1n) is 5.66. The topological polar surface area (TPSA) is 47.7 Å². The normalized spacial score (nSPS) is 11.4. The molecule has 0 bridgehead atoms. The molecule has 0 saturated carbocycles. The number of Topliss-reactive ketones (excluding diaryl/α,β-unsaturated/α-hetero) is 1. The summed E-state index contributed by atoms with van der Waals surface area (Å²) in [6.07, 6.45) is 0. The Balaban J connectivity index is 3.19. The fourth-order valence-electron chi connectivity index (χ4n) is 1.79. The van der Waals surface area contributed by atoms with E-state index in [9.17, 15) is 9.59 Å². The van der Waals surface area contributed by atoms with E-state index >= 15 is 0 Å². The Hall–Kier alpha value is -2.15. The van der Waals surface area contributed by atoms with Crippen LogP contribution in [-0.4, -0.2) is 18.4 Å². The first-order chi connectivity index (χ1) is 8.51. The van der Waals surface area contributed by atoms with Crippen LogP contribution < -0.4 is 0 Å². The lowest BCUT2D eigenvalue weighted by Crippen LogP contribution is -2.23. The average molecular weight is 245 g/mol. The minimum atomic E-state index is -0.898. The predicted octanol–water partition coefficient (Wildman–Crippen LogP) is 2.78. The number of nitrogens with zero attached hydrogens (tertiary/aromatic N) is 1. The van der Waals surface area contributed by atoms with Crippen molar-refractivity contribution in [2.45, 2.75) is 26.7 Å². The van der Waals surface area contributed by atoms with Crippen LogP contribution in [0.4, 0.5) is 5.69 Å². The molecular weight excluding hydrogens is 230 g/mol. The van der Waals surface area contributed by atoms with Gasteiger partial charge in [-0.2, -0.15) is 0 Å². The largest absolute Gasteiger partial charge is 0.465 e. The molecule has 1 atom stereocenters. The SMILES string of the molecule is [C-]#[N+]c1ccc(C(C(C)=O)C(=O)OCC)c(C)c1. The van der Waals surface area contributed by atoms with Crippen LogP contribution in [0.3, 0.4) is 0 Å². The molecule has 0 heterocycles. The Morgan fingerprint density at radius 3 is 2.56 bits per heavy atom. The second-order valence-corrected chi connectivity index (χ2v) is 3.95. The minimum Gasteiger partial charge on any atom is -0.465 e. The van der Waals surface area contributed by atoms with Gasteiger partial charge >= 0.3 is 5.97 Å². The molecular formula is C14H15NO3. The number of benzene rings is 1. The highest BCUT2D eigenvalue weighted by Crippen LogP contribution is 2.26. The van der Waals surface area contributed by atoms with Gasteiger partial charge in [-0.05, 0) is 26.3 Å². The summed E-state index contributed by atoms with van der Waals surface area (Å²) in [4.78, 5) is 26.7. The lowest BCUT2D eigenvalue weighted by molar-refractivity contribution is -0.147. The van der Waals surface area contributed by atoms with Crippen LogP contribution in [0.25, 0.3) is 4.85 Å². The standard InChI is InChI=1S/C14H15NO3/c1-5-18-14(17)13(10(3)16)12-7-6-11(15-4)8-9(12)2/h6-8,13H,5H2,1-3H3. The molecule has 0 aliphatic heterocycles. The lowest BCUT2D eigenvalue weighted by Gasteiger charge is -2.15. The third kappa shape index (κ3) is 2.95. The highest BCUT2D eigenvalue weighted by Gasteiger charge is 2.27. The summed E-state index contributed by atoms with van der Waals surface area (Å²) in [6.45, 7) is 12.0. The number of ether oxygens (including phenoxy) is 1. The molecule has 0 radical (unpaired) electrons.